The van der Waals surface area contributed by atoms with E-state index in [4.69, 9.17) is 4.74 Å². The number of ether oxygens (including phenoxy) is 1. The van der Waals surface area contributed by atoms with Gasteiger partial charge in [0.2, 0.25) is 15.9 Å². The molecule has 1 heterocycles. The molecule has 0 spiro atoms. The van der Waals surface area contributed by atoms with Crippen molar-refractivity contribution in [2.75, 3.05) is 20.2 Å². The Labute approximate surface area is 200 Å². The predicted molar refractivity (Wildman–Crippen MR) is 132 cm³/mol. The molecule has 0 saturated heterocycles. The van der Waals surface area contributed by atoms with Crippen LogP contribution in [-0.2, 0) is 27.9 Å². The number of carbonyl (C=O) groups is 1. The Morgan fingerprint density at radius 2 is 1.70 bits per heavy atom. The maximum absolute atomic E-state index is 13.5. The quantitative estimate of drug-likeness (QED) is 0.394. The molecule has 3 rings (SSSR count). The van der Waals surface area contributed by atoms with Crippen molar-refractivity contribution >= 4 is 27.3 Å². The van der Waals surface area contributed by atoms with Gasteiger partial charge in [-0.1, -0.05) is 37.3 Å². The summed E-state index contributed by atoms with van der Waals surface area (Å²) in [5.41, 5.74) is 2.13. The molecule has 0 aliphatic heterocycles. The van der Waals surface area contributed by atoms with Crippen molar-refractivity contribution in [2.45, 2.75) is 38.3 Å². The minimum atomic E-state index is -3.83. The van der Waals surface area contributed by atoms with Crippen molar-refractivity contribution in [1.82, 2.24) is 9.21 Å². The van der Waals surface area contributed by atoms with Gasteiger partial charge < -0.3 is 9.64 Å². The number of carbonyl (C=O) groups excluding carboxylic acids is 1. The first-order chi connectivity index (χ1) is 15.8. The minimum Gasteiger partial charge on any atom is -0.497 e. The van der Waals surface area contributed by atoms with Gasteiger partial charge in [0.1, 0.15) is 5.75 Å². The van der Waals surface area contributed by atoms with Gasteiger partial charge in [0.25, 0.3) is 0 Å². The molecule has 0 aliphatic carbocycles. The van der Waals surface area contributed by atoms with Crippen LogP contribution < -0.4 is 4.74 Å². The van der Waals surface area contributed by atoms with E-state index in [0.717, 1.165) is 16.0 Å². The van der Waals surface area contributed by atoms with E-state index in [9.17, 15) is 13.2 Å². The van der Waals surface area contributed by atoms with Crippen LogP contribution in [-0.4, -0.2) is 43.7 Å². The van der Waals surface area contributed by atoms with E-state index in [2.05, 4.69) is 0 Å². The number of amides is 1. The molecule has 3 aromatic rings. The van der Waals surface area contributed by atoms with Crippen LogP contribution >= 0.6 is 11.3 Å². The molecule has 0 aliphatic rings. The summed E-state index contributed by atoms with van der Waals surface area (Å²) in [6, 6.07) is 18.0. The number of nitrogens with zero attached hydrogens (tertiary/aromatic N) is 2. The molecule has 0 radical (unpaired) electrons. The number of benzene rings is 2. The molecule has 0 unspecified atom stereocenters. The lowest BCUT2D eigenvalue weighted by molar-refractivity contribution is -0.132. The highest BCUT2D eigenvalue weighted by Crippen LogP contribution is 2.22. The largest absolute Gasteiger partial charge is 0.497 e. The second kappa shape index (κ2) is 11.4. The van der Waals surface area contributed by atoms with Gasteiger partial charge in [0.15, 0.2) is 0 Å². The van der Waals surface area contributed by atoms with Gasteiger partial charge in [-0.2, -0.15) is 4.31 Å². The number of aryl methyl sites for hydroxylation is 1. The van der Waals surface area contributed by atoms with E-state index in [1.165, 1.54) is 23.5 Å². The third-order valence-electron chi connectivity index (χ3n) is 5.35. The van der Waals surface area contributed by atoms with Gasteiger partial charge in [0.05, 0.1) is 25.1 Å². The van der Waals surface area contributed by atoms with Crippen molar-refractivity contribution < 1.29 is 17.9 Å². The van der Waals surface area contributed by atoms with Crippen LogP contribution in [0.5, 0.6) is 5.75 Å². The monoisotopic (exact) mass is 486 g/mol. The smallest absolute Gasteiger partial charge is 0.243 e. The molecule has 2 aromatic carbocycles. The molecule has 176 valence electrons. The lowest BCUT2D eigenvalue weighted by Crippen LogP contribution is -2.42. The molecule has 1 aromatic heterocycles. The van der Waals surface area contributed by atoms with Crippen LogP contribution in [0.3, 0.4) is 0 Å². The standard InChI is InChI=1S/C25H30N2O4S2/c1-4-15-27(33(29,30)23-12-10-22(31-3)11-13-23)19-25(28)26(17-21-8-6-5-7-9-21)18-24-20(2)14-16-32-24/h5-14,16H,4,15,17-19H2,1-3H3. The normalized spacial score (nSPS) is 11.5. The summed E-state index contributed by atoms with van der Waals surface area (Å²) in [4.78, 5) is 16.4. The Kier molecular flexibility index (Phi) is 8.66. The fourth-order valence-corrected chi connectivity index (χ4v) is 5.86. The molecule has 0 atom stereocenters. The Morgan fingerprint density at radius 3 is 2.27 bits per heavy atom. The fourth-order valence-electron chi connectivity index (χ4n) is 3.46. The lowest BCUT2D eigenvalue weighted by Gasteiger charge is -2.27. The average molecular weight is 487 g/mol. The van der Waals surface area contributed by atoms with Crippen LogP contribution in [0.2, 0.25) is 0 Å². The fraction of sp³-hybridized carbons (Fsp3) is 0.320. The molecule has 0 saturated carbocycles. The zero-order valence-electron chi connectivity index (χ0n) is 19.2. The van der Waals surface area contributed by atoms with Crippen LogP contribution in [0.15, 0.2) is 70.9 Å². The topological polar surface area (TPSA) is 66.9 Å². The molecular weight excluding hydrogens is 456 g/mol. The number of rotatable bonds is 11. The molecule has 0 fully saturated rings. The van der Waals surface area contributed by atoms with E-state index in [1.54, 1.807) is 28.4 Å². The molecule has 1 amide bonds. The number of hydrogen-bond donors (Lipinski definition) is 0. The highest BCUT2D eigenvalue weighted by atomic mass is 32.2. The molecular formula is C25H30N2O4S2. The summed E-state index contributed by atoms with van der Waals surface area (Å²) >= 11 is 1.60. The number of methoxy groups -OCH3 is 1. The van der Waals surface area contributed by atoms with Gasteiger partial charge in [-0.15, -0.1) is 11.3 Å². The van der Waals surface area contributed by atoms with Crippen molar-refractivity contribution in [3.8, 4) is 5.75 Å². The molecule has 0 bridgehead atoms. The molecule has 8 heteroatoms. The molecule has 0 N–H and O–H groups in total. The minimum absolute atomic E-state index is 0.147. The summed E-state index contributed by atoms with van der Waals surface area (Å²) in [5, 5.41) is 2.01. The van der Waals surface area contributed by atoms with Gasteiger partial charge in [-0.25, -0.2) is 8.42 Å². The van der Waals surface area contributed by atoms with Gasteiger partial charge in [-0.3, -0.25) is 4.79 Å². The van der Waals surface area contributed by atoms with Gasteiger partial charge in [-0.05, 0) is 60.2 Å². The van der Waals surface area contributed by atoms with Crippen LogP contribution in [0.4, 0.5) is 0 Å². The van der Waals surface area contributed by atoms with Crippen LogP contribution in [0.1, 0.15) is 29.3 Å². The van der Waals surface area contributed by atoms with Crippen molar-refractivity contribution in [3.63, 3.8) is 0 Å². The van der Waals surface area contributed by atoms with E-state index in [1.807, 2.05) is 55.6 Å². The zero-order chi connectivity index (χ0) is 23.8. The van der Waals surface area contributed by atoms with E-state index < -0.39 is 10.0 Å². The second-order valence-electron chi connectivity index (χ2n) is 7.78. The summed E-state index contributed by atoms with van der Waals surface area (Å²) in [5.74, 6) is 0.351. The first-order valence-corrected chi connectivity index (χ1v) is 13.2. The number of thiophene rings is 1. The maximum Gasteiger partial charge on any atom is 0.243 e. The number of hydrogen-bond acceptors (Lipinski definition) is 5. The summed E-state index contributed by atoms with van der Waals surface area (Å²) in [6.07, 6.45) is 0.603. The zero-order valence-corrected chi connectivity index (χ0v) is 20.9. The Bertz CT molecular complexity index is 1140. The SMILES string of the molecule is CCCN(CC(=O)N(Cc1ccccc1)Cc1sccc1C)S(=O)(=O)c1ccc(OC)cc1. The third-order valence-corrected chi connectivity index (χ3v) is 8.22. The van der Waals surface area contributed by atoms with Crippen LogP contribution in [0, 0.1) is 6.92 Å². The molecule has 33 heavy (non-hydrogen) atoms. The van der Waals surface area contributed by atoms with Crippen molar-refractivity contribution in [1.29, 1.82) is 0 Å². The summed E-state index contributed by atoms with van der Waals surface area (Å²) in [6.45, 7) is 4.84. The summed E-state index contributed by atoms with van der Waals surface area (Å²) in [7, 11) is -2.30. The average Bonchev–Trinajstić information content (AvgIpc) is 3.23. The highest BCUT2D eigenvalue weighted by molar-refractivity contribution is 7.89. The number of sulfonamides is 1. The lowest BCUT2D eigenvalue weighted by atomic mass is 10.2. The predicted octanol–water partition coefficient (Wildman–Crippen LogP) is 4.69. The van der Waals surface area contributed by atoms with E-state index in [-0.39, 0.29) is 23.9 Å². The third kappa shape index (κ3) is 6.43. The first-order valence-electron chi connectivity index (χ1n) is 10.8. The maximum atomic E-state index is 13.5. The van der Waals surface area contributed by atoms with Crippen molar-refractivity contribution in [3.05, 3.63) is 82.0 Å². The van der Waals surface area contributed by atoms with Crippen LogP contribution in [0.25, 0.3) is 0 Å². The van der Waals surface area contributed by atoms with E-state index in [0.29, 0.717) is 25.3 Å². The summed E-state index contributed by atoms with van der Waals surface area (Å²) < 4.78 is 33.1. The van der Waals surface area contributed by atoms with E-state index >= 15 is 0 Å². The first kappa shape index (κ1) is 25.0. The second-order valence-corrected chi connectivity index (χ2v) is 10.7. The Balaban J connectivity index is 1.85. The van der Waals surface area contributed by atoms with Gasteiger partial charge >= 0.3 is 0 Å². The Morgan fingerprint density at radius 1 is 1.00 bits per heavy atom. The molecule has 6 nitrogen and oxygen atoms in total. The Hall–Kier alpha value is -2.68. The van der Waals surface area contributed by atoms with Crippen molar-refractivity contribution in [2.24, 2.45) is 0 Å². The van der Waals surface area contributed by atoms with Gasteiger partial charge in [0, 0.05) is 18.0 Å². The highest BCUT2D eigenvalue weighted by Gasteiger charge is 2.28.